The molecule has 10 rings (SSSR count). The van der Waals surface area contributed by atoms with Crippen LogP contribution in [0.25, 0.3) is 16.6 Å². The van der Waals surface area contributed by atoms with Crippen LogP contribution in [0.4, 0.5) is 29.3 Å². The van der Waals surface area contributed by atoms with Crippen molar-refractivity contribution in [2.75, 3.05) is 115 Å². The van der Waals surface area contributed by atoms with Gasteiger partial charge in [-0.25, -0.2) is 31.3 Å². The van der Waals surface area contributed by atoms with Crippen LogP contribution in [0.2, 0.25) is 5.02 Å². The van der Waals surface area contributed by atoms with E-state index in [0.29, 0.717) is 93.3 Å². The number of halogens is 4. The maximum Gasteiger partial charge on any atom is 0.501 e. The number of aromatic amines is 1. The number of carbonyl (C=O) groups excluding carboxylic acids is 2. The molecule has 18 nitrogen and oxygen atoms in total. The lowest BCUT2D eigenvalue weighted by Crippen LogP contribution is -2.50. The summed E-state index contributed by atoms with van der Waals surface area (Å²) >= 11 is 6.40. The van der Waals surface area contributed by atoms with Crippen LogP contribution in [0.15, 0.2) is 101 Å². The molecule has 5 aliphatic rings. The summed E-state index contributed by atoms with van der Waals surface area (Å²) < 4.78 is 116. The van der Waals surface area contributed by atoms with Crippen molar-refractivity contribution in [1.82, 2.24) is 34.3 Å². The zero-order valence-corrected chi connectivity index (χ0v) is 51.1. The van der Waals surface area contributed by atoms with E-state index in [4.69, 9.17) is 25.8 Å². The van der Waals surface area contributed by atoms with Crippen LogP contribution in [0.5, 0.6) is 11.5 Å². The van der Waals surface area contributed by atoms with E-state index >= 15 is 0 Å². The molecule has 0 saturated carbocycles. The Balaban J connectivity index is 0.823. The summed E-state index contributed by atoms with van der Waals surface area (Å²) in [6.07, 6.45) is 10.6. The summed E-state index contributed by atoms with van der Waals surface area (Å²) in [4.78, 5) is 43.6. The first kappa shape index (κ1) is 62.1. The summed E-state index contributed by atoms with van der Waals surface area (Å²) in [5.41, 5.74) is -1.36. The van der Waals surface area contributed by atoms with Crippen molar-refractivity contribution < 1.29 is 53.8 Å². The zero-order valence-electron chi connectivity index (χ0n) is 48.7. The van der Waals surface area contributed by atoms with Gasteiger partial charge in [-0.05, 0) is 168 Å². The molecule has 0 radical (unpaired) electrons. The van der Waals surface area contributed by atoms with Gasteiger partial charge in [0, 0.05) is 100 Å². The van der Waals surface area contributed by atoms with E-state index in [2.05, 4.69) is 53.9 Å². The number of alkyl halides is 3. The number of rotatable bonds is 17. The van der Waals surface area contributed by atoms with Crippen molar-refractivity contribution >= 4 is 71.4 Å². The molecule has 4 fully saturated rings. The number of ether oxygens (including phenoxy) is 3. The number of pyridine rings is 1. The molecule has 4 saturated heterocycles. The van der Waals surface area contributed by atoms with Crippen LogP contribution in [-0.4, -0.2) is 174 Å². The predicted molar refractivity (Wildman–Crippen MR) is 321 cm³/mol. The first-order valence-electron chi connectivity index (χ1n) is 29.3. The van der Waals surface area contributed by atoms with Gasteiger partial charge < -0.3 is 39.2 Å². The molecule has 24 heteroatoms. The number of fused-ring (bicyclic) bond motifs is 1. The average molecular weight is 1240 g/mol. The number of hydrogen-bond acceptors (Lipinski definition) is 15. The number of H-pyrrole nitrogens is 1. The lowest BCUT2D eigenvalue weighted by Gasteiger charge is -2.49. The second-order valence-corrected chi connectivity index (χ2v) is 28.8. The lowest BCUT2D eigenvalue weighted by molar-refractivity contribution is -0.0436. The number of likely N-dealkylation sites (tertiary alicyclic amines) is 2. The highest BCUT2D eigenvalue weighted by Gasteiger charge is 2.49. The first-order valence-corrected chi connectivity index (χ1v) is 32.6. The Labute approximate surface area is 501 Å². The van der Waals surface area contributed by atoms with Crippen molar-refractivity contribution in [3.8, 4) is 11.5 Å². The predicted octanol–water partition coefficient (Wildman–Crippen LogP) is 10.4. The largest absolute Gasteiger partial charge is 0.501 e. The molecule has 5 aromatic rings. The standard InChI is InChI=1S/C61H77ClF3N9O9S2/c1-58(2,3)83-57(76)74-26-19-60(20-27-74)17-24-72(25-18-60)42-59(4)16-14-50(43-6-8-46(62)9-7-43)45(39-59)41-71-28-30-73(31-29-71)47-10-12-51(53(37-47)82-48-36-44-15-22-67-55(44)68-40-48)56(75)69-85(79,80)49-11-13-52(54(38-49)84(77,78)61(63,64)65)66-21-5-23-70-32-34-81-35-33-70/h6-13,15,22,36-38,40,66H,5,14,16-21,23-35,39,41-42H2,1-4H3,(H,67,68)(H,69,75)/t59-/m1/s1. The second kappa shape index (κ2) is 25.4. The van der Waals surface area contributed by atoms with Crippen LogP contribution in [0, 0.1) is 10.8 Å². The average Bonchev–Trinajstić information content (AvgIpc) is 3.28. The van der Waals surface area contributed by atoms with Crippen molar-refractivity contribution in [2.24, 2.45) is 10.8 Å². The van der Waals surface area contributed by atoms with Gasteiger partial charge in [-0.2, -0.15) is 13.2 Å². The number of amides is 2. The molecular formula is C61H77ClF3N9O9S2. The number of piperazine rings is 1. The molecule has 6 heterocycles. The van der Waals surface area contributed by atoms with E-state index in [0.717, 1.165) is 96.3 Å². The van der Waals surface area contributed by atoms with Crippen LogP contribution in [0.1, 0.15) is 95.0 Å². The molecule has 0 unspecified atom stereocenters. The normalized spacial score (nSPS) is 20.7. The number of allylic oxidation sites excluding steroid dienone is 1. The van der Waals surface area contributed by atoms with Crippen molar-refractivity contribution in [2.45, 2.75) is 100.0 Å². The van der Waals surface area contributed by atoms with E-state index in [-0.39, 0.29) is 40.5 Å². The Morgan fingerprint density at radius 1 is 0.812 bits per heavy atom. The zero-order chi connectivity index (χ0) is 60.4. The number of anilines is 2. The number of carbonyl (C=O) groups is 2. The third kappa shape index (κ3) is 15.1. The Morgan fingerprint density at radius 3 is 2.21 bits per heavy atom. The minimum absolute atomic E-state index is 0.0204. The van der Waals surface area contributed by atoms with E-state index in [9.17, 15) is 39.6 Å². The van der Waals surface area contributed by atoms with E-state index < -0.39 is 52.4 Å². The van der Waals surface area contributed by atoms with Gasteiger partial charge in [0.2, 0.25) is 0 Å². The molecule has 3 N–H and O–H groups in total. The van der Waals surface area contributed by atoms with Crippen LogP contribution in [-0.2, 0) is 29.3 Å². The number of sulfonamides is 1. The molecule has 460 valence electrons. The highest BCUT2D eigenvalue weighted by atomic mass is 35.5. The van der Waals surface area contributed by atoms with Crippen molar-refractivity contribution in [3.63, 3.8) is 0 Å². The number of aromatic nitrogens is 2. The number of benzene rings is 3. The minimum atomic E-state index is -6.06. The van der Waals surface area contributed by atoms with Gasteiger partial charge in [0.15, 0.2) is 0 Å². The maximum atomic E-state index is 14.2. The topological polar surface area (TPSA) is 199 Å². The Hall–Kier alpha value is -5.95. The van der Waals surface area contributed by atoms with Gasteiger partial charge in [-0.1, -0.05) is 36.2 Å². The van der Waals surface area contributed by atoms with Crippen LogP contribution in [0.3, 0.4) is 0 Å². The van der Waals surface area contributed by atoms with E-state index in [1.165, 1.54) is 29.0 Å². The summed E-state index contributed by atoms with van der Waals surface area (Å²) in [6.45, 7) is 19.3. The Kier molecular flexibility index (Phi) is 18.6. The van der Waals surface area contributed by atoms with Gasteiger partial charge >= 0.3 is 11.6 Å². The molecule has 1 aliphatic carbocycles. The Morgan fingerprint density at radius 2 is 1.52 bits per heavy atom. The summed E-state index contributed by atoms with van der Waals surface area (Å²) in [7, 11) is -11.1. The van der Waals surface area contributed by atoms with Crippen LogP contribution < -0.4 is 19.7 Å². The number of piperidine rings is 2. The molecule has 4 aliphatic heterocycles. The fourth-order valence-electron chi connectivity index (χ4n) is 12.6. The molecule has 85 heavy (non-hydrogen) atoms. The number of nitrogens with zero attached hydrogens (tertiary/aromatic N) is 6. The maximum absolute atomic E-state index is 14.2. The highest BCUT2D eigenvalue weighted by molar-refractivity contribution is 7.92. The molecule has 2 aromatic heterocycles. The number of sulfone groups is 1. The number of nitrogens with one attached hydrogen (secondary N) is 3. The smallest absolute Gasteiger partial charge is 0.455 e. The minimum Gasteiger partial charge on any atom is -0.455 e. The van der Waals surface area contributed by atoms with Crippen molar-refractivity contribution in [3.05, 3.63) is 107 Å². The molecule has 1 atom stereocenters. The van der Waals surface area contributed by atoms with Gasteiger partial charge in [-0.3, -0.25) is 14.6 Å². The van der Waals surface area contributed by atoms with Gasteiger partial charge in [0.25, 0.3) is 25.8 Å². The number of morpholine rings is 1. The first-order chi connectivity index (χ1) is 40.3. The fraction of sp³-hybridized carbons (Fsp3) is 0.525. The van der Waals surface area contributed by atoms with E-state index in [1.54, 1.807) is 30.5 Å². The highest BCUT2D eigenvalue weighted by Crippen LogP contribution is 2.47. The Bertz CT molecular complexity index is 3470. The van der Waals surface area contributed by atoms with Crippen molar-refractivity contribution in [1.29, 1.82) is 0 Å². The summed E-state index contributed by atoms with van der Waals surface area (Å²) in [5.74, 6) is -0.946. The third-order valence-corrected chi connectivity index (χ3v) is 20.5. The molecule has 3 aromatic carbocycles. The second-order valence-electron chi connectivity index (χ2n) is 24.7. The molecular weight excluding hydrogens is 1160 g/mol. The van der Waals surface area contributed by atoms with Gasteiger partial charge in [-0.15, -0.1) is 0 Å². The fourth-order valence-corrected chi connectivity index (χ4v) is 14.7. The quantitative estimate of drug-likeness (QED) is 0.0743. The summed E-state index contributed by atoms with van der Waals surface area (Å²) in [6, 6.07) is 18.7. The summed E-state index contributed by atoms with van der Waals surface area (Å²) in [5, 5.41) is 4.14. The molecule has 1 spiro atoms. The monoisotopic (exact) mass is 1240 g/mol. The van der Waals surface area contributed by atoms with E-state index in [1.807, 2.05) is 42.5 Å². The lowest BCUT2D eigenvalue weighted by atomic mass is 9.69. The SMILES string of the molecule is CC(C)(C)OC(=O)N1CCC2(CCN(C[C@]3(C)CCC(c4ccc(Cl)cc4)=C(CN4CCN(c5ccc(C(=O)NS(=O)(=O)c6ccc(NCCCN7CCOCC7)c(S(=O)(=O)C(F)(F)F)c6)c(Oc6cnc7[nH]ccc7c6)c5)CC4)C3)CC2)CC1. The van der Waals surface area contributed by atoms with Gasteiger partial charge in [0.05, 0.1) is 35.6 Å². The molecule has 0 bridgehead atoms. The van der Waals surface area contributed by atoms with Gasteiger partial charge in [0.1, 0.15) is 27.6 Å². The molecule has 2 amide bonds. The third-order valence-electron chi connectivity index (χ3n) is 17.4. The number of hydrogen-bond donors (Lipinski definition) is 3. The van der Waals surface area contributed by atoms with Crippen LogP contribution >= 0.6 is 11.6 Å².